The van der Waals surface area contributed by atoms with E-state index in [1.807, 2.05) is 5.32 Å². The van der Waals surface area contributed by atoms with Crippen molar-refractivity contribution >= 4 is 39.5 Å². The lowest BCUT2D eigenvalue weighted by Crippen LogP contribution is -2.47. The summed E-state index contributed by atoms with van der Waals surface area (Å²) in [4.78, 5) is 30.8. The number of nitrogens with one attached hydrogen (secondary N) is 2. The second kappa shape index (κ2) is 8.79. The lowest BCUT2D eigenvalue weighted by atomic mass is 9.90. The molecule has 3 N–H and O–H groups in total. The number of hydrogen-bond acceptors (Lipinski definition) is 5. The Hall–Kier alpha value is -2.99. The number of aromatic nitrogens is 1. The van der Waals surface area contributed by atoms with Crippen molar-refractivity contribution in [2.45, 2.75) is 12.0 Å². The Labute approximate surface area is 176 Å². The van der Waals surface area contributed by atoms with Gasteiger partial charge in [0.05, 0.1) is 6.61 Å². The molecule has 1 aromatic heterocycles. The number of carbonyl (C=O) groups is 2. The molecule has 158 valence electrons. The fourth-order valence-corrected chi connectivity index (χ4v) is 3.04. The largest absolute Gasteiger partial charge is 0.465 e. The van der Waals surface area contributed by atoms with E-state index in [0.717, 1.165) is 12.1 Å². The molecule has 0 aliphatic carbocycles. The molecule has 2 heterocycles. The van der Waals surface area contributed by atoms with Crippen LogP contribution in [0.1, 0.15) is 16.1 Å². The summed E-state index contributed by atoms with van der Waals surface area (Å²) in [6.07, 6.45) is -3.34. The molecule has 1 aromatic carbocycles. The van der Waals surface area contributed by atoms with Crippen LogP contribution in [-0.4, -0.2) is 47.6 Å². The zero-order valence-electron chi connectivity index (χ0n) is 15.0. The Balaban J connectivity index is 1.97. The number of carbonyl (C=O) groups excluding carboxylic acids is 1. The van der Waals surface area contributed by atoms with Crippen LogP contribution in [-0.2, 0) is 10.3 Å². The first kappa shape index (κ1) is 21.7. The van der Waals surface area contributed by atoms with Crippen molar-refractivity contribution < 1.29 is 32.6 Å². The average Bonchev–Trinajstić information content (AvgIpc) is 2.69. The molecule has 2 amide bonds. The number of nitrogens with zero attached hydrogens (tertiary/aromatic N) is 2. The molecule has 0 radical (unpaired) electrons. The van der Waals surface area contributed by atoms with Gasteiger partial charge < -0.3 is 15.2 Å². The van der Waals surface area contributed by atoms with Gasteiger partial charge in [0.25, 0.3) is 12.3 Å². The van der Waals surface area contributed by atoms with E-state index in [-0.39, 0.29) is 23.8 Å². The zero-order chi connectivity index (χ0) is 21.9. The zero-order valence-corrected chi connectivity index (χ0v) is 16.6. The monoisotopic (exact) mass is 486 g/mol. The number of amidine groups is 1. The highest BCUT2D eigenvalue weighted by Crippen LogP contribution is 2.38. The van der Waals surface area contributed by atoms with Gasteiger partial charge >= 0.3 is 6.09 Å². The molecule has 1 unspecified atom stereocenters. The minimum Gasteiger partial charge on any atom is -0.465 e. The SMILES string of the molecule is O=C(O)NC1=NC(c2cc(NC(=O)c3ccc(Br)cn3)ccc2F)(C(F)F)COC1. The quantitative estimate of drug-likeness (QED) is 0.612. The van der Waals surface area contributed by atoms with Crippen molar-refractivity contribution in [3.05, 3.63) is 58.1 Å². The van der Waals surface area contributed by atoms with E-state index in [4.69, 9.17) is 9.84 Å². The molecule has 1 atom stereocenters. The van der Waals surface area contributed by atoms with E-state index in [0.29, 0.717) is 4.47 Å². The van der Waals surface area contributed by atoms with Gasteiger partial charge in [-0.3, -0.25) is 10.1 Å². The van der Waals surface area contributed by atoms with Crippen LogP contribution in [0.5, 0.6) is 0 Å². The van der Waals surface area contributed by atoms with Crippen molar-refractivity contribution in [2.24, 2.45) is 4.99 Å². The smallest absolute Gasteiger partial charge is 0.410 e. The van der Waals surface area contributed by atoms with Crippen molar-refractivity contribution in [2.75, 3.05) is 18.5 Å². The highest BCUT2D eigenvalue weighted by atomic mass is 79.9. The Morgan fingerprint density at radius 3 is 2.63 bits per heavy atom. The molecular formula is C18H14BrF3N4O4. The van der Waals surface area contributed by atoms with Gasteiger partial charge in [0, 0.05) is 21.9 Å². The minimum atomic E-state index is -3.23. The maximum absolute atomic E-state index is 14.5. The van der Waals surface area contributed by atoms with Crippen LogP contribution in [0.3, 0.4) is 0 Å². The first-order valence-corrected chi connectivity index (χ1v) is 9.18. The maximum atomic E-state index is 14.5. The molecule has 2 aromatic rings. The third-order valence-corrected chi connectivity index (χ3v) is 4.63. The van der Waals surface area contributed by atoms with Gasteiger partial charge in [0.15, 0.2) is 5.54 Å². The van der Waals surface area contributed by atoms with Crippen molar-refractivity contribution in [1.29, 1.82) is 0 Å². The van der Waals surface area contributed by atoms with Crippen LogP contribution in [0.25, 0.3) is 0 Å². The molecule has 12 heteroatoms. The summed E-state index contributed by atoms with van der Waals surface area (Å²) >= 11 is 3.19. The van der Waals surface area contributed by atoms with Gasteiger partial charge in [0.1, 0.15) is 24.0 Å². The summed E-state index contributed by atoms with van der Waals surface area (Å²) in [5.74, 6) is -2.04. The van der Waals surface area contributed by atoms with E-state index in [2.05, 4.69) is 31.2 Å². The molecule has 0 bridgehead atoms. The number of anilines is 1. The predicted molar refractivity (Wildman–Crippen MR) is 103 cm³/mol. The van der Waals surface area contributed by atoms with E-state index < -0.39 is 42.0 Å². The predicted octanol–water partition coefficient (Wildman–Crippen LogP) is 3.39. The highest BCUT2D eigenvalue weighted by Gasteiger charge is 2.46. The Morgan fingerprint density at radius 1 is 1.23 bits per heavy atom. The Bertz CT molecular complexity index is 1000. The van der Waals surface area contributed by atoms with Crippen LogP contribution in [0.15, 0.2) is 46.0 Å². The van der Waals surface area contributed by atoms with E-state index >= 15 is 0 Å². The number of hydrogen-bond donors (Lipinski definition) is 3. The molecule has 0 saturated carbocycles. The molecule has 1 aliphatic heterocycles. The first-order valence-electron chi connectivity index (χ1n) is 8.39. The summed E-state index contributed by atoms with van der Waals surface area (Å²) < 4.78 is 48.3. The lowest BCUT2D eigenvalue weighted by Gasteiger charge is -2.34. The molecule has 8 nitrogen and oxygen atoms in total. The van der Waals surface area contributed by atoms with Gasteiger partial charge in [-0.05, 0) is 46.3 Å². The summed E-state index contributed by atoms with van der Waals surface area (Å²) in [5, 5.41) is 13.1. The van der Waals surface area contributed by atoms with Crippen molar-refractivity contribution in [3.8, 4) is 0 Å². The van der Waals surface area contributed by atoms with E-state index in [1.54, 1.807) is 6.07 Å². The van der Waals surface area contributed by atoms with Crippen LogP contribution in [0.4, 0.5) is 23.7 Å². The van der Waals surface area contributed by atoms with Gasteiger partial charge in [-0.1, -0.05) is 0 Å². The maximum Gasteiger partial charge on any atom is 0.410 e. The number of ether oxygens (including phenoxy) is 1. The van der Waals surface area contributed by atoms with Gasteiger partial charge in [0.2, 0.25) is 0 Å². The number of halogens is 4. The van der Waals surface area contributed by atoms with E-state index in [1.165, 1.54) is 18.3 Å². The molecule has 3 rings (SSSR count). The van der Waals surface area contributed by atoms with Crippen LogP contribution in [0, 0.1) is 5.82 Å². The average molecular weight is 487 g/mol. The Morgan fingerprint density at radius 2 is 2.00 bits per heavy atom. The molecule has 0 spiro atoms. The van der Waals surface area contributed by atoms with Crippen LogP contribution in [0.2, 0.25) is 0 Å². The van der Waals surface area contributed by atoms with Gasteiger partial charge in [-0.25, -0.2) is 27.9 Å². The topological polar surface area (TPSA) is 113 Å². The molecular weight excluding hydrogens is 473 g/mol. The fourth-order valence-electron chi connectivity index (χ4n) is 2.80. The second-order valence-electron chi connectivity index (χ2n) is 6.22. The standard InChI is InChI=1S/C18H14BrF3N4O4/c19-9-1-4-13(23-6-9)15(27)24-10-2-3-12(20)11(5-10)18(16(21)22)8-30-7-14(26-18)25-17(28)29/h1-6,16H,7-8H2,(H,24,27)(H,25,26)(H,28,29). The lowest BCUT2D eigenvalue weighted by molar-refractivity contribution is -0.0151. The van der Waals surface area contributed by atoms with E-state index in [9.17, 15) is 22.8 Å². The summed E-state index contributed by atoms with van der Waals surface area (Å²) in [6.45, 7) is -1.04. The number of pyridine rings is 1. The fraction of sp³-hybridized carbons (Fsp3) is 0.222. The first-order chi connectivity index (χ1) is 14.2. The van der Waals surface area contributed by atoms with Crippen molar-refractivity contribution in [3.63, 3.8) is 0 Å². The van der Waals surface area contributed by atoms with Crippen LogP contribution < -0.4 is 10.6 Å². The number of benzene rings is 1. The summed E-state index contributed by atoms with van der Waals surface area (Å²) in [6, 6.07) is 6.13. The van der Waals surface area contributed by atoms with Crippen LogP contribution >= 0.6 is 15.9 Å². The van der Waals surface area contributed by atoms with Gasteiger partial charge in [-0.15, -0.1) is 0 Å². The molecule has 1 aliphatic rings. The van der Waals surface area contributed by atoms with Gasteiger partial charge in [-0.2, -0.15) is 0 Å². The normalized spacial score (nSPS) is 18.6. The van der Waals surface area contributed by atoms with Crippen molar-refractivity contribution in [1.82, 2.24) is 10.3 Å². The third-order valence-electron chi connectivity index (χ3n) is 4.16. The number of amides is 2. The highest BCUT2D eigenvalue weighted by molar-refractivity contribution is 9.10. The minimum absolute atomic E-state index is 0.0228. The molecule has 0 saturated heterocycles. The number of aliphatic imine (C=N–C) groups is 1. The molecule has 0 fully saturated rings. The number of rotatable bonds is 4. The number of alkyl halides is 2. The summed E-state index contributed by atoms with van der Waals surface area (Å²) in [7, 11) is 0. The molecule has 30 heavy (non-hydrogen) atoms. The Kier molecular flexibility index (Phi) is 6.37. The number of carboxylic acid groups (broad SMARTS) is 1. The summed E-state index contributed by atoms with van der Waals surface area (Å²) in [5.41, 5.74) is -2.96. The third kappa shape index (κ3) is 4.60. The second-order valence-corrected chi connectivity index (χ2v) is 7.13.